The number of carbonyl (C=O) groups excluding carboxylic acids is 1. The fourth-order valence-electron chi connectivity index (χ4n) is 2.35. The maximum Gasteiger partial charge on any atom is 0.230 e. The lowest BCUT2D eigenvalue weighted by Crippen LogP contribution is -3.10. The molecule has 0 heterocycles. The Morgan fingerprint density at radius 1 is 1.14 bits per heavy atom. The molecule has 1 atom stereocenters. The smallest absolute Gasteiger partial charge is 0.230 e. The second-order valence-corrected chi connectivity index (χ2v) is 5.76. The molecule has 116 valence electrons. The van der Waals surface area contributed by atoms with Gasteiger partial charge in [-0.2, -0.15) is 0 Å². The first-order chi connectivity index (χ1) is 10.7. The Morgan fingerprint density at radius 2 is 1.91 bits per heavy atom. The van der Waals surface area contributed by atoms with Crippen molar-refractivity contribution < 1.29 is 9.69 Å². The van der Waals surface area contributed by atoms with Crippen molar-refractivity contribution in [2.75, 3.05) is 18.4 Å². The van der Waals surface area contributed by atoms with Crippen molar-refractivity contribution in [3.05, 3.63) is 65.2 Å². The molecular formula is C18H22ClN2O+. The fourth-order valence-corrected chi connectivity index (χ4v) is 2.55. The van der Waals surface area contributed by atoms with E-state index in [0.717, 1.165) is 25.3 Å². The molecule has 0 aromatic heterocycles. The van der Waals surface area contributed by atoms with Gasteiger partial charge in [0.1, 0.15) is 6.54 Å². The third kappa shape index (κ3) is 5.51. The quantitative estimate of drug-likeness (QED) is 0.809. The molecule has 2 N–H and O–H groups in total. The van der Waals surface area contributed by atoms with Gasteiger partial charge in [-0.05, 0) is 25.1 Å². The molecule has 0 aliphatic carbocycles. The number of quaternary nitrogens is 1. The van der Waals surface area contributed by atoms with Crippen LogP contribution in [-0.2, 0) is 11.3 Å². The standard InChI is InChI=1S/C18H21ClN2O/c1-2-21(14-15-7-4-3-5-8-15)12-11-18(22)20-17-10-6-9-16(19)13-17/h3-10,13H,2,11-12,14H2,1H3,(H,20,22)/p+1. The number of anilines is 1. The highest BCUT2D eigenvalue weighted by Gasteiger charge is 2.10. The zero-order valence-corrected chi connectivity index (χ0v) is 13.6. The molecular weight excluding hydrogens is 296 g/mol. The van der Waals surface area contributed by atoms with Gasteiger partial charge in [0.05, 0.1) is 19.5 Å². The number of rotatable bonds is 7. The summed E-state index contributed by atoms with van der Waals surface area (Å²) in [6.45, 7) is 4.91. The fraction of sp³-hybridized carbons (Fsp3) is 0.278. The maximum atomic E-state index is 12.0. The average molecular weight is 318 g/mol. The van der Waals surface area contributed by atoms with Crippen molar-refractivity contribution in [2.45, 2.75) is 19.9 Å². The Morgan fingerprint density at radius 3 is 2.59 bits per heavy atom. The zero-order chi connectivity index (χ0) is 15.8. The van der Waals surface area contributed by atoms with E-state index in [0.29, 0.717) is 11.4 Å². The van der Waals surface area contributed by atoms with Crippen molar-refractivity contribution in [3.8, 4) is 0 Å². The molecule has 0 saturated carbocycles. The van der Waals surface area contributed by atoms with E-state index >= 15 is 0 Å². The van der Waals surface area contributed by atoms with Gasteiger partial charge >= 0.3 is 0 Å². The van der Waals surface area contributed by atoms with E-state index in [-0.39, 0.29) is 5.91 Å². The first kappa shape index (κ1) is 16.5. The number of hydrogen-bond donors (Lipinski definition) is 2. The summed E-state index contributed by atoms with van der Waals surface area (Å²) in [7, 11) is 0. The Labute approximate surface area is 136 Å². The summed E-state index contributed by atoms with van der Waals surface area (Å²) < 4.78 is 0. The van der Waals surface area contributed by atoms with Crippen LogP contribution < -0.4 is 10.2 Å². The first-order valence-electron chi connectivity index (χ1n) is 7.60. The van der Waals surface area contributed by atoms with Gasteiger partial charge in [-0.25, -0.2) is 0 Å². The normalized spacial score (nSPS) is 11.9. The zero-order valence-electron chi connectivity index (χ0n) is 12.8. The van der Waals surface area contributed by atoms with Crippen LogP contribution in [0.1, 0.15) is 18.9 Å². The minimum atomic E-state index is 0.0290. The van der Waals surface area contributed by atoms with Gasteiger partial charge in [0.25, 0.3) is 0 Å². The predicted molar refractivity (Wildman–Crippen MR) is 91.2 cm³/mol. The van der Waals surface area contributed by atoms with Crippen LogP contribution in [0.4, 0.5) is 5.69 Å². The number of nitrogens with one attached hydrogen (secondary N) is 2. The van der Waals surface area contributed by atoms with Crippen molar-refractivity contribution in [3.63, 3.8) is 0 Å². The summed E-state index contributed by atoms with van der Waals surface area (Å²) in [5, 5.41) is 3.52. The summed E-state index contributed by atoms with van der Waals surface area (Å²) in [4.78, 5) is 13.4. The number of carbonyl (C=O) groups is 1. The van der Waals surface area contributed by atoms with Crippen LogP contribution >= 0.6 is 11.6 Å². The third-order valence-corrected chi connectivity index (χ3v) is 3.85. The van der Waals surface area contributed by atoms with Gasteiger partial charge in [-0.15, -0.1) is 0 Å². The van der Waals surface area contributed by atoms with Gasteiger partial charge in [-0.3, -0.25) is 4.79 Å². The van der Waals surface area contributed by atoms with Crippen molar-refractivity contribution in [1.82, 2.24) is 0 Å². The summed E-state index contributed by atoms with van der Waals surface area (Å²) in [6, 6.07) is 17.6. The van der Waals surface area contributed by atoms with Gasteiger partial charge < -0.3 is 10.2 Å². The molecule has 1 amide bonds. The number of amides is 1. The van der Waals surface area contributed by atoms with Crippen LogP contribution in [-0.4, -0.2) is 19.0 Å². The van der Waals surface area contributed by atoms with E-state index in [4.69, 9.17) is 11.6 Å². The predicted octanol–water partition coefficient (Wildman–Crippen LogP) is 2.77. The van der Waals surface area contributed by atoms with Gasteiger partial charge in [0, 0.05) is 16.3 Å². The molecule has 2 aromatic rings. The molecule has 1 unspecified atom stereocenters. The molecule has 0 fully saturated rings. The molecule has 2 rings (SSSR count). The molecule has 0 spiro atoms. The Kier molecular flexibility index (Phi) is 6.44. The average Bonchev–Trinajstić information content (AvgIpc) is 2.52. The highest BCUT2D eigenvalue weighted by molar-refractivity contribution is 6.30. The highest BCUT2D eigenvalue weighted by atomic mass is 35.5. The molecule has 0 bridgehead atoms. The Hall–Kier alpha value is -1.84. The Balaban J connectivity index is 1.81. The molecule has 3 nitrogen and oxygen atoms in total. The molecule has 2 aromatic carbocycles. The topological polar surface area (TPSA) is 33.5 Å². The summed E-state index contributed by atoms with van der Waals surface area (Å²) in [6.07, 6.45) is 0.503. The summed E-state index contributed by atoms with van der Waals surface area (Å²) in [5.74, 6) is 0.0290. The minimum absolute atomic E-state index is 0.0290. The second kappa shape index (κ2) is 8.57. The molecule has 0 aliphatic rings. The van der Waals surface area contributed by atoms with Gasteiger partial charge in [0.15, 0.2) is 0 Å². The van der Waals surface area contributed by atoms with Crippen LogP contribution in [0.5, 0.6) is 0 Å². The van der Waals surface area contributed by atoms with Crippen molar-refractivity contribution >= 4 is 23.2 Å². The van der Waals surface area contributed by atoms with E-state index < -0.39 is 0 Å². The summed E-state index contributed by atoms with van der Waals surface area (Å²) >= 11 is 5.91. The van der Waals surface area contributed by atoms with Crippen LogP contribution in [0.3, 0.4) is 0 Å². The number of hydrogen-bond acceptors (Lipinski definition) is 1. The van der Waals surface area contributed by atoms with Crippen molar-refractivity contribution in [1.29, 1.82) is 0 Å². The highest BCUT2D eigenvalue weighted by Crippen LogP contribution is 2.14. The van der Waals surface area contributed by atoms with Crippen LogP contribution in [0.2, 0.25) is 5.02 Å². The van der Waals surface area contributed by atoms with E-state index in [1.807, 2.05) is 18.2 Å². The molecule has 4 heteroatoms. The lowest BCUT2D eigenvalue weighted by atomic mass is 10.2. The summed E-state index contributed by atoms with van der Waals surface area (Å²) in [5.41, 5.74) is 2.05. The first-order valence-corrected chi connectivity index (χ1v) is 7.98. The third-order valence-electron chi connectivity index (χ3n) is 3.61. The largest absolute Gasteiger partial charge is 0.331 e. The van der Waals surface area contributed by atoms with Crippen LogP contribution in [0.25, 0.3) is 0 Å². The van der Waals surface area contributed by atoms with Gasteiger partial charge in [-0.1, -0.05) is 48.0 Å². The molecule has 0 saturated heterocycles. The number of benzene rings is 2. The molecule has 0 aliphatic heterocycles. The van der Waals surface area contributed by atoms with Crippen molar-refractivity contribution in [2.24, 2.45) is 0 Å². The SMILES string of the molecule is CC[NH+](CCC(=O)Nc1cccc(Cl)c1)Cc1ccccc1. The second-order valence-electron chi connectivity index (χ2n) is 5.32. The monoisotopic (exact) mass is 317 g/mol. The van der Waals surface area contributed by atoms with Crippen LogP contribution in [0, 0.1) is 0 Å². The van der Waals surface area contributed by atoms with E-state index in [1.54, 1.807) is 12.1 Å². The van der Waals surface area contributed by atoms with E-state index in [2.05, 4.69) is 36.5 Å². The minimum Gasteiger partial charge on any atom is -0.331 e. The molecule has 0 radical (unpaired) electrons. The lowest BCUT2D eigenvalue weighted by molar-refractivity contribution is -0.911. The lowest BCUT2D eigenvalue weighted by Gasteiger charge is -2.17. The van der Waals surface area contributed by atoms with Crippen LogP contribution in [0.15, 0.2) is 54.6 Å². The Bertz CT molecular complexity index is 601. The van der Waals surface area contributed by atoms with E-state index in [9.17, 15) is 4.79 Å². The van der Waals surface area contributed by atoms with Gasteiger partial charge in [0.2, 0.25) is 5.91 Å². The number of halogens is 1. The molecule has 22 heavy (non-hydrogen) atoms. The maximum absolute atomic E-state index is 12.0. The van der Waals surface area contributed by atoms with E-state index in [1.165, 1.54) is 10.5 Å².